The second kappa shape index (κ2) is 5.99. The van der Waals surface area contributed by atoms with Crippen LogP contribution in [0, 0.1) is 17.5 Å². The maximum absolute atomic E-state index is 13.7. The fourth-order valence-corrected chi connectivity index (χ4v) is 1.99. The Balaban J connectivity index is 2.47. The van der Waals surface area contributed by atoms with Crippen LogP contribution in [0.25, 0.3) is 0 Å². The average Bonchev–Trinajstić information content (AvgIpc) is 2.47. The highest BCUT2D eigenvalue weighted by Gasteiger charge is 2.18. The summed E-state index contributed by atoms with van der Waals surface area (Å²) in [5.41, 5.74) is 0.542. The molecule has 0 fully saturated rings. The highest BCUT2D eigenvalue weighted by Crippen LogP contribution is 2.31. The summed E-state index contributed by atoms with van der Waals surface area (Å²) in [5, 5.41) is 5.61. The molecule has 2 aromatic rings. The van der Waals surface area contributed by atoms with Crippen molar-refractivity contribution in [2.24, 2.45) is 0 Å². The lowest BCUT2D eigenvalue weighted by molar-refractivity contribution is 0.449. The molecule has 7 heteroatoms. The molecule has 2 rings (SSSR count). The number of rotatable bonds is 4. The van der Waals surface area contributed by atoms with Gasteiger partial charge in [-0.2, -0.15) is 0 Å². The van der Waals surface area contributed by atoms with Gasteiger partial charge in [0.1, 0.15) is 18.0 Å². The molecule has 112 valence electrons. The van der Waals surface area contributed by atoms with E-state index in [1.807, 2.05) is 13.8 Å². The molecule has 1 aromatic carbocycles. The van der Waals surface area contributed by atoms with Crippen LogP contribution in [0.4, 0.5) is 30.5 Å². The van der Waals surface area contributed by atoms with E-state index in [1.165, 1.54) is 6.33 Å². The molecular formula is C14H15F3N4. The van der Waals surface area contributed by atoms with Crippen LogP contribution in [-0.2, 0) is 0 Å². The molecule has 0 atom stereocenters. The van der Waals surface area contributed by atoms with Crippen LogP contribution in [0.2, 0.25) is 0 Å². The smallest absolute Gasteiger partial charge is 0.196 e. The van der Waals surface area contributed by atoms with E-state index < -0.39 is 17.5 Å². The molecule has 0 saturated carbocycles. The maximum atomic E-state index is 13.7. The molecule has 4 nitrogen and oxygen atoms in total. The third kappa shape index (κ3) is 2.91. The number of nitrogens with one attached hydrogen (secondary N) is 2. The highest BCUT2D eigenvalue weighted by molar-refractivity contribution is 5.66. The summed E-state index contributed by atoms with van der Waals surface area (Å²) in [6, 6.07) is 1.98. The molecule has 1 aromatic heterocycles. The second-order valence-electron chi connectivity index (χ2n) is 4.74. The topological polar surface area (TPSA) is 49.8 Å². The van der Waals surface area contributed by atoms with E-state index in [1.54, 1.807) is 7.05 Å². The van der Waals surface area contributed by atoms with Gasteiger partial charge in [-0.1, -0.05) is 13.8 Å². The summed E-state index contributed by atoms with van der Waals surface area (Å²) in [5.74, 6) is -3.06. The van der Waals surface area contributed by atoms with Crippen LogP contribution < -0.4 is 10.6 Å². The zero-order valence-corrected chi connectivity index (χ0v) is 11.8. The molecule has 2 N–H and O–H groups in total. The molecule has 21 heavy (non-hydrogen) atoms. The molecule has 0 aliphatic rings. The van der Waals surface area contributed by atoms with E-state index in [9.17, 15) is 13.2 Å². The molecular weight excluding hydrogens is 281 g/mol. The Hall–Kier alpha value is -2.31. The van der Waals surface area contributed by atoms with Gasteiger partial charge in [0.15, 0.2) is 17.5 Å². The minimum atomic E-state index is -1.52. The van der Waals surface area contributed by atoms with E-state index in [2.05, 4.69) is 20.6 Å². The monoisotopic (exact) mass is 296 g/mol. The van der Waals surface area contributed by atoms with E-state index in [0.29, 0.717) is 11.6 Å². The van der Waals surface area contributed by atoms with Crippen LogP contribution in [-0.4, -0.2) is 17.0 Å². The van der Waals surface area contributed by atoms with Crippen LogP contribution in [0.1, 0.15) is 25.3 Å². The van der Waals surface area contributed by atoms with Gasteiger partial charge < -0.3 is 10.6 Å². The van der Waals surface area contributed by atoms with E-state index in [0.717, 1.165) is 17.7 Å². The molecule has 1 heterocycles. The predicted molar refractivity (Wildman–Crippen MR) is 75.3 cm³/mol. The van der Waals surface area contributed by atoms with Crippen molar-refractivity contribution in [3.05, 3.63) is 41.5 Å². The van der Waals surface area contributed by atoms with E-state index >= 15 is 0 Å². The molecule has 0 bridgehead atoms. The maximum Gasteiger partial charge on any atom is 0.196 e. The van der Waals surface area contributed by atoms with Crippen molar-refractivity contribution in [3.63, 3.8) is 0 Å². The summed E-state index contributed by atoms with van der Waals surface area (Å²) in [6.07, 6.45) is 1.30. The minimum Gasteiger partial charge on any atom is -0.373 e. The minimum absolute atomic E-state index is 0.0458. The lowest BCUT2D eigenvalue weighted by Crippen LogP contribution is -2.08. The number of nitrogens with zero attached hydrogens (tertiary/aromatic N) is 2. The third-order valence-corrected chi connectivity index (χ3v) is 2.99. The molecule has 0 aliphatic heterocycles. The summed E-state index contributed by atoms with van der Waals surface area (Å²) in [6.45, 7) is 3.85. The fourth-order valence-electron chi connectivity index (χ4n) is 1.99. The number of aromatic nitrogens is 2. The number of halogens is 3. The van der Waals surface area contributed by atoms with Crippen LogP contribution in [0.15, 0.2) is 18.5 Å². The first kappa shape index (κ1) is 15.1. The van der Waals surface area contributed by atoms with Gasteiger partial charge in [0.2, 0.25) is 0 Å². The first-order valence-corrected chi connectivity index (χ1v) is 6.38. The van der Waals surface area contributed by atoms with Crippen LogP contribution in [0.3, 0.4) is 0 Å². The molecule has 0 unspecified atom stereocenters. The molecule has 0 saturated heterocycles. The average molecular weight is 296 g/mol. The molecule has 0 radical (unpaired) electrons. The largest absolute Gasteiger partial charge is 0.373 e. The quantitative estimate of drug-likeness (QED) is 0.843. The van der Waals surface area contributed by atoms with Crippen molar-refractivity contribution in [3.8, 4) is 0 Å². The van der Waals surface area contributed by atoms with Gasteiger partial charge >= 0.3 is 0 Å². The summed E-state index contributed by atoms with van der Waals surface area (Å²) in [7, 11) is 1.70. The second-order valence-corrected chi connectivity index (χ2v) is 4.74. The third-order valence-electron chi connectivity index (χ3n) is 2.99. The van der Waals surface area contributed by atoms with E-state index in [-0.39, 0.29) is 11.6 Å². The van der Waals surface area contributed by atoms with Gasteiger partial charge in [-0.05, 0) is 18.1 Å². The molecule has 0 spiro atoms. The first-order valence-electron chi connectivity index (χ1n) is 6.38. The Morgan fingerprint density at radius 2 is 1.67 bits per heavy atom. The first-order chi connectivity index (χ1) is 9.95. The van der Waals surface area contributed by atoms with Crippen molar-refractivity contribution in [2.75, 3.05) is 17.7 Å². The van der Waals surface area contributed by atoms with Crippen molar-refractivity contribution in [1.82, 2.24) is 9.97 Å². The summed E-state index contributed by atoms with van der Waals surface area (Å²) in [4.78, 5) is 8.14. The summed E-state index contributed by atoms with van der Waals surface area (Å²) < 4.78 is 39.9. The number of hydrogen-bond donors (Lipinski definition) is 2. The Morgan fingerprint density at radius 3 is 2.29 bits per heavy atom. The van der Waals surface area contributed by atoms with Gasteiger partial charge in [-0.3, -0.25) is 0 Å². The highest BCUT2D eigenvalue weighted by atomic mass is 19.2. The van der Waals surface area contributed by atoms with E-state index in [4.69, 9.17) is 0 Å². The number of hydrogen-bond acceptors (Lipinski definition) is 4. The van der Waals surface area contributed by atoms with Crippen molar-refractivity contribution < 1.29 is 13.2 Å². The SMILES string of the molecule is CNc1ncnc(Nc2ccc(F)c(F)c2F)c1C(C)C. The molecule has 0 aliphatic carbocycles. The Bertz CT molecular complexity index is 659. The van der Waals surface area contributed by atoms with Crippen molar-refractivity contribution in [2.45, 2.75) is 19.8 Å². The zero-order valence-electron chi connectivity index (χ0n) is 11.8. The van der Waals surface area contributed by atoms with Gasteiger partial charge in [-0.25, -0.2) is 23.1 Å². The number of benzene rings is 1. The number of anilines is 3. The fraction of sp³-hybridized carbons (Fsp3) is 0.286. The Morgan fingerprint density at radius 1 is 1.00 bits per heavy atom. The summed E-state index contributed by atoms with van der Waals surface area (Å²) >= 11 is 0. The lowest BCUT2D eigenvalue weighted by atomic mass is 10.0. The van der Waals surface area contributed by atoms with Crippen molar-refractivity contribution >= 4 is 17.3 Å². The standard InChI is InChI=1S/C14H15F3N4/c1-7(2)10-13(18-3)19-6-20-14(10)21-9-5-4-8(15)11(16)12(9)17/h4-7H,1-3H3,(H2,18,19,20,21). The lowest BCUT2D eigenvalue weighted by Gasteiger charge is -2.17. The predicted octanol–water partition coefficient (Wildman–Crippen LogP) is 3.80. The normalized spacial score (nSPS) is 10.8. The van der Waals surface area contributed by atoms with Gasteiger partial charge in [0, 0.05) is 12.6 Å². The molecule has 0 amide bonds. The Kier molecular flexibility index (Phi) is 4.30. The van der Waals surface area contributed by atoms with Crippen LogP contribution in [0.5, 0.6) is 0 Å². The van der Waals surface area contributed by atoms with Gasteiger partial charge in [0.25, 0.3) is 0 Å². The zero-order chi connectivity index (χ0) is 15.6. The Labute approximate surface area is 120 Å². The van der Waals surface area contributed by atoms with Gasteiger partial charge in [0.05, 0.1) is 5.69 Å². The van der Waals surface area contributed by atoms with Crippen LogP contribution >= 0.6 is 0 Å². The van der Waals surface area contributed by atoms with Gasteiger partial charge in [-0.15, -0.1) is 0 Å². The van der Waals surface area contributed by atoms with Crippen molar-refractivity contribution in [1.29, 1.82) is 0 Å².